The van der Waals surface area contributed by atoms with E-state index < -0.39 is 6.10 Å². The third-order valence-electron chi connectivity index (χ3n) is 3.04. The molecule has 1 aliphatic heterocycles. The molecule has 0 aliphatic carbocycles. The van der Waals surface area contributed by atoms with Gasteiger partial charge in [0.15, 0.2) is 0 Å². The molecule has 0 saturated heterocycles. The lowest BCUT2D eigenvalue weighted by atomic mass is 10.1. The molecule has 2 heterocycles. The van der Waals surface area contributed by atoms with Crippen LogP contribution >= 0.6 is 0 Å². The minimum absolute atomic E-state index is 0.0773. The van der Waals surface area contributed by atoms with Crippen molar-refractivity contribution in [1.82, 2.24) is 9.55 Å². The highest BCUT2D eigenvalue weighted by Crippen LogP contribution is 2.28. The molecule has 0 spiro atoms. The zero-order valence-electron chi connectivity index (χ0n) is 10.5. The predicted molar refractivity (Wildman–Crippen MR) is 71.5 cm³/mol. The number of aliphatic hydroxyl groups is 1. The Morgan fingerprint density at radius 2 is 2.28 bits per heavy atom. The van der Waals surface area contributed by atoms with Gasteiger partial charge in [-0.25, -0.2) is 4.79 Å². The second-order valence-electron chi connectivity index (χ2n) is 4.39. The van der Waals surface area contributed by atoms with Crippen molar-refractivity contribution in [2.24, 2.45) is 5.73 Å². The van der Waals surface area contributed by atoms with Gasteiger partial charge in [-0.1, -0.05) is 19.1 Å². The molecule has 1 aromatic carbocycles. The Balaban J connectivity index is 0.000000367. The number of imidazole rings is 1. The summed E-state index contributed by atoms with van der Waals surface area (Å²) in [5.74, 6) is 0. The van der Waals surface area contributed by atoms with Crippen LogP contribution < -0.4 is 11.4 Å². The van der Waals surface area contributed by atoms with Crippen LogP contribution in [0.4, 0.5) is 0 Å². The van der Waals surface area contributed by atoms with Gasteiger partial charge in [-0.3, -0.25) is 4.57 Å². The van der Waals surface area contributed by atoms with Crippen molar-refractivity contribution in [2.75, 3.05) is 6.54 Å². The third kappa shape index (κ3) is 2.19. The molecule has 3 rings (SSSR count). The monoisotopic (exact) mass is 249 g/mol. The quantitative estimate of drug-likeness (QED) is 0.654. The summed E-state index contributed by atoms with van der Waals surface area (Å²) in [7, 11) is 0. The van der Waals surface area contributed by atoms with E-state index in [0.29, 0.717) is 6.54 Å². The van der Waals surface area contributed by atoms with Crippen LogP contribution in [-0.4, -0.2) is 21.2 Å². The van der Waals surface area contributed by atoms with Crippen molar-refractivity contribution in [3.05, 3.63) is 34.2 Å². The first-order valence-electron chi connectivity index (χ1n) is 6.28. The highest BCUT2D eigenvalue weighted by atomic mass is 16.3. The van der Waals surface area contributed by atoms with Crippen molar-refractivity contribution in [3.8, 4) is 0 Å². The Morgan fingerprint density at radius 3 is 3.00 bits per heavy atom. The summed E-state index contributed by atoms with van der Waals surface area (Å²) in [6.45, 7) is 3.34. The van der Waals surface area contributed by atoms with Crippen LogP contribution in [0, 0.1) is 0 Å². The minimum Gasteiger partial charge on any atom is -0.388 e. The summed E-state index contributed by atoms with van der Waals surface area (Å²) in [5, 5.41) is 9.93. The zero-order chi connectivity index (χ0) is 13.1. The van der Waals surface area contributed by atoms with E-state index in [1.165, 1.54) is 0 Å². The van der Waals surface area contributed by atoms with Gasteiger partial charge in [0.05, 0.1) is 17.1 Å². The molecule has 0 fully saturated rings. The van der Waals surface area contributed by atoms with E-state index >= 15 is 0 Å². The van der Waals surface area contributed by atoms with Crippen molar-refractivity contribution in [1.29, 1.82) is 0 Å². The molecule has 0 bridgehead atoms. The molecule has 18 heavy (non-hydrogen) atoms. The Bertz CT molecular complexity index is 585. The highest BCUT2D eigenvalue weighted by molar-refractivity contribution is 5.79. The molecule has 1 aromatic heterocycles. The van der Waals surface area contributed by atoms with Crippen molar-refractivity contribution in [2.45, 2.75) is 32.4 Å². The summed E-state index contributed by atoms with van der Waals surface area (Å²) in [4.78, 5) is 14.4. The number of aromatic amines is 1. The van der Waals surface area contributed by atoms with Gasteiger partial charge in [0.2, 0.25) is 0 Å². The lowest BCUT2D eigenvalue weighted by Crippen LogP contribution is -2.16. The first-order valence-corrected chi connectivity index (χ1v) is 6.28. The number of nitrogens with two attached hydrogens (primary N) is 1. The van der Waals surface area contributed by atoms with Gasteiger partial charge < -0.3 is 15.8 Å². The number of aromatic nitrogens is 2. The average molecular weight is 249 g/mol. The molecule has 1 unspecified atom stereocenters. The lowest BCUT2D eigenvalue weighted by Gasteiger charge is -2.07. The van der Waals surface area contributed by atoms with Crippen molar-refractivity contribution < 1.29 is 5.11 Å². The fourth-order valence-electron chi connectivity index (χ4n) is 2.33. The molecule has 2 aromatic rings. The molecule has 5 nitrogen and oxygen atoms in total. The summed E-state index contributed by atoms with van der Waals surface area (Å²) in [5.41, 5.74) is 7.32. The normalized spacial score (nSPS) is 18.1. The first kappa shape index (κ1) is 12.9. The number of aryl methyl sites for hydroxylation is 1. The van der Waals surface area contributed by atoms with Crippen molar-refractivity contribution in [3.63, 3.8) is 0 Å². The second kappa shape index (κ2) is 5.37. The van der Waals surface area contributed by atoms with Gasteiger partial charge in [-0.05, 0) is 25.5 Å². The second-order valence-corrected chi connectivity index (χ2v) is 4.39. The highest BCUT2D eigenvalue weighted by Gasteiger charge is 2.19. The van der Waals surface area contributed by atoms with Crippen LogP contribution in [0.25, 0.3) is 11.0 Å². The number of rotatable bonds is 0. The van der Waals surface area contributed by atoms with E-state index in [9.17, 15) is 9.90 Å². The number of aliphatic hydroxyl groups excluding tert-OH is 1. The van der Waals surface area contributed by atoms with Gasteiger partial charge in [0, 0.05) is 12.1 Å². The fraction of sp³-hybridized carbons (Fsp3) is 0.462. The molecule has 1 aliphatic rings. The number of nitrogens with zero attached hydrogens (tertiary/aromatic N) is 1. The Labute approximate surface area is 105 Å². The molecule has 4 N–H and O–H groups in total. The smallest absolute Gasteiger partial charge is 0.326 e. The van der Waals surface area contributed by atoms with E-state index in [0.717, 1.165) is 36.0 Å². The maximum absolute atomic E-state index is 11.6. The molecule has 0 saturated carbocycles. The summed E-state index contributed by atoms with van der Waals surface area (Å²) < 4.78 is 1.72. The van der Waals surface area contributed by atoms with Gasteiger partial charge in [-0.15, -0.1) is 0 Å². The van der Waals surface area contributed by atoms with Crippen LogP contribution in [0.1, 0.15) is 31.4 Å². The van der Waals surface area contributed by atoms with Gasteiger partial charge in [-0.2, -0.15) is 0 Å². The Morgan fingerprint density at radius 1 is 1.56 bits per heavy atom. The molecule has 0 radical (unpaired) electrons. The van der Waals surface area contributed by atoms with Gasteiger partial charge >= 0.3 is 5.69 Å². The minimum atomic E-state index is -0.447. The third-order valence-corrected chi connectivity index (χ3v) is 3.04. The summed E-state index contributed by atoms with van der Waals surface area (Å²) in [6, 6.07) is 5.63. The standard InChI is InChI=1S/C11H12N2O2.C2H7N/c14-9-5-2-6-13-10-7(9)3-1-4-8(10)12-11(13)15;1-2-3/h1,3-4,9,14H,2,5-6H2,(H,12,15);2-3H2,1H3. The predicted octanol–water partition coefficient (Wildman–Crippen LogP) is 1.12. The molecule has 5 heteroatoms. The molecular weight excluding hydrogens is 230 g/mol. The maximum atomic E-state index is 11.6. The van der Waals surface area contributed by atoms with Crippen LogP contribution in [0.5, 0.6) is 0 Å². The van der Waals surface area contributed by atoms with Gasteiger partial charge in [0.1, 0.15) is 0 Å². The molecule has 98 valence electrons. The van der Waals surface area contributed by atoms with E-state index in [4.69, 9.17) is 5.73 Å². The Hall–Kier alpha value is -1.59. The van der Waals surface area contributed by atoms with E-state index in [-0.39, 0.29) is 5.69 Å². The van der Waals surface area contributed by atoms with Crippen LogP contribution in [-0.2, 0) is 6.54 Å². The molecule has 0 amide bonds. The first-order chi connectivity index (χ1) is 8.69. The number of hydrogen-bond acceptors (Lipinski definition) is 3. The van der Waals surface area contributed by atoms with Crippen LogP contribution in [0.2, 0.25) is 0 Å². The zero-order valence-corrected chi connectivity index (χ0v) is 10.5. The SMILES string of the molecule is CCN.O=c1[nH]c2cccc3c2n1CCCC3O. The van der Waals surface area contributed by atoms with E-state index in [2.05, 4.69) is 4.98 Å². The maximum Gasteiger partial charge on any atom is 0.326 e. The summed E-state index contributed by atoms with van der Waals surface area (Å²) >= 11 is 0. The van der Waals surface area contributed by atoms with Crippen LogP contribution in [0.15, 0.2) is 23.0 Å². The summed E-state index contributed by atoms with van der Waals surface area (Å²) in [6.07, 6.45) is 1.11. The van der Waals surface area contributed by atoms with Gasteiger partial charge in [0.25, 0.3) is 0 Å². The van der Waals surface area contributed by atoms with E-state index in [1.807, 2.05) is 25.1 Å². The number of nitrogens with one attached hydrogen (secondary N) is 1. The molecular formula is C13H19N3O2. The number of H-pyrrole nitrogens is 1. The molecule has 1 atom stereocenters. The average Bonchev–Trinajstić information content (AvgIpc) is 2.54. The Kier molecular flexibility index (Phi) is 3.84. The fourth-order valence-corrected chi connectivity index (χ4v) is 2.33. The van der Waals surface area contributed by atoms with Crippen molar-refractivity contribution >= 4 is 11.0 Å². The number of hydrogen-bond donors (Lipinski definition) is 3. The van der Waals surface area contributed by atoms with E-state index in [1.54, 1.807) is 4.57 Å². The number of para-hydroxylation sites is 1. The van der Waals surface area contributed by atoms with Crippen LogP contribution in [0.3, 0.4) is 0 Å². The lowest BCUT2D eigenvalue weighted by molar-refractivity contribution is 0.167. The number of benzene rings is 1. The topological polar surface area (TPSA) is 84.0 Å². The largest absolute Gasteiger partial charge is 0.388 e.